The number of hydrogen-bond acceptors (Lipinski definition) is 2. The molecule has 0 amide bonds. The Morgan fingerprint density at radius 1 is 1.47 bits per heavy atom. The molecule has 90 valence electrons. The lowest BCUT2D eigenvalue weighted by molar-refractivity contribution is 0.481. The zero-order chi connectivity index (χ0) is 11.8. The molecule has 1 atom stereocenters. The average molecular weight is 252 g/mol. The molecule has 2 aromatic rings. The molecule has 1 aliphatic rings. The number of aromatic nitrogens is 2. The summed E-state index contributed by atoms with van der Waals surface area (Å²) < 4.78 is 1.76. The van der Waals surface area contributed by atoms with Crippen molar-refractivity contribution < 1.29 is 0 Å². The van der Waals surface area contributed by atoms with Gasteiger partial charge in [0.15, 0.2) is 0 Å². The number of imidazole rings is 1. The monoisotopic (exact) mass is 251 g/mol. The van der Waals surface area contributed by atoms with Gasteiger partial charge in [-0.3, -0.25) is 4.57 Å². The summed E-state index contributed by atoms with van der Waals surface area (Å²) in [6.07, 6.45) is 1.11. The first-order chi connectivity index (χ1) is 8.25. The third-order valence-electron chi connectivity index (χ3n) is 3.35. The van der Waals surface area contributed by atoms with Gasteiger partial charge in [-0.05, 0) is 37.6 Å². The zero-order valence-corrected chi connectivity index (χ0v) is 10.1. The van der Waals surface area contributed by atoms with E-state index in [0.29, 0.717) is 10.9 Å². The smallest absolute Gasteiger partial charge is 0.316 e. The Kier molecular flexibility index (Phi) is 2.68. The first-order valence-electron chi connectivity index (χ1n) is 5.83. The van der Waals surface area contributed by atoms with Crippen LogP contribution in [0.5, 0.6) is 0 Å². The number of halogens is 1. The molecule has 1 aromatic carbocycles. The Morgan fingerprint density at radius 3 is 3.12 bits per heavy atom. The van der Waals surface area contributed by atoms with E-state index < -0.39 is 0 Å². The summed E-state index contributed by atoms with van der Waals surface area (Å²) in [7, 11) is 0. The Balaban J connectivity index is 2.08. The third-order valence-corrected chi connectivity index (χ3v) is 3.65. The Hall–Kier alpha value is -1.26. The average Bonchev–Trinajstić information content (AvgIpc) is 2.89. The summed E-state index contributed by atoms with van der Waals surface area (Å²) in [4.78, 5) is 14.8. The summed E-state index contributed by atoms with van der Waals surface area (Å²) in [5, 5.41) is 3.94. The van der Waals surface area contributed by atoms with E-state index >= 15 is 0 Å². The molecule has 1 fully saturated rings. The Labute approximate surface area is 104 Å². The number of nitrogens with zero attached hydrogens (tertiary/aromatic N) is 1. The summed E-state index contributed by atoms with van der Waals surface area (Å²) in [5.74, 6) is 0.517. The Bertz CT molecular complexity index is 595. The van der Waals surface area contributed by atoms with Crippen molar-refractivity contribution in [1.29, 1.82) is 0 Å². The number of fused-ring (bicyclic) bond motifs is 1. The van der Waals surface area contributed by atoms with Crippen molar-refractivity contribution in [3.05, 3.63) is 33.7 Å². The maximum absolute atomic E-state index is 11.9. The molecule has 3 rings (SSSR count). The van der Waals surface area contributed by atoms with Crippen LogP contribution >= 0.6 is 11.6 Å². The lowest BCUT2D eigenvalue weighted by Crippen LogP contribution is -2.23. The molecular formula is C12H14ClN3O. The minimum absolute atomic E-state index is 0.0694. The van der Waals surface area contributed by atoms with E-state index in [4.69, 9.17) is 11.6 Å². The van der Waals surface area contributed by atoms with E-state index in [0.717, 1.165) is 37.1 Å². The van der Waals surface area contributed by atoms with Crippen molar-refractivity contribution in [3.8, 4) is 0 Å². The second-order valence-electron chi connectivity index (χ2n) is 4.54. The van der Waals surface area contributed by atoms with Gasteiger partial charge in [-0.2, -0.15) is 0 Å². The van der Waals surface area contributed by atoms with Crippen molar-refractivity contribution >= 4 is 22.6 Å². The van der Waals surface area contributed by atoms with E-state index in [2.05, 4.69) is 10.3 Å². The second-order valence-corrected chi connectivity index (χ2v) is 4.94. The van der Waals surface area contributed by atoms with Gasteiger partial charge in [0.05, 0.1) is 16.1 Å². The number of hydrogen-bond donors (Lipinski definition) is 2. The minimum Gasteiger partial charge on any atom is -0.316 e. The molecule has 0 saturated carbocycles. The van der Waals surface area contributed by atoms with Crippen LogP contribution in [-0.4, -0.2) is 22.6 Å². The van der Waals surface area contributed by atoms with Gasteiger partial charge in [-0.15, -0.1) is 0 Å². The number of aromatic amines is 1. The van der Waals surface area contributed by atoms with Gasteiger partial charge in [0, 0.05) is 6.54 Å². The fraction of sp³-hybridized carbons (Fsp3) is 0.417. The van der Waals surface area contributed by atoms with Crippen molar-refractivity contribution in [1.82, 2.24) is 14.9 Å². The topological polar surface area (TPSA) is 49.8 Å². The highest BCUT2D eigenvalue weighted by atomic mass is 35.5. The van der Waals surface area contributed by atoms with Crippen LogP contribution in [-0.2, 0) is 6.54 Å². The fourth-order valence-corrected chi connectivity index (χ4v) is 2.75. The molecule has 5 heteroatoms. The fourth-order valence-electron chi connectivity index (χ4n) is 2.48. The highest BCUT2D eigenvalue weighted by molar-refractivity contribution is 6.34. The molecule has 0 aliphatic carbocycles. The minimum atomic E-state index is -0.0694. The van der Waals surface area contributed by atoms with E-state index in [1.807, 2.05) is 18.2 Å². The number of nitrogens with one attached hydrogen (secondary N) is 2. The summed E-state index contributed by atoms with van der Waals surface area (Å²) in [6, 6.07) is 5.55. The molecule has 4 nitrogen and oxygen atoms in total. The molecule has 0 spiro atoms. The highest BCUT2D eigenvalue weighted by Gasteiger charge is 2.18. The first-order valence-corrected chi connectivity index (χ1v) is 6.21. The summed E-state index contributed by atoms with van der Waals surface area (Å²) >= 11 is 6.17. The number of para-hydroxylation sites is 1. The maximum atomic E-state index is 11.9. The molecule has 1 aliphatic heterocycles. The van der Waals surface area contributed by atoms with E-state index in [1.54, 1.807) is 4.57 Å². The van der Waals surface area contributed by atoms with Gasteiger partial charge in [0.2, 0.25) is 0 Å². The van der Waals surface area contributed by atoms with Crippen molar-refractivity contribution in [2.75, 3.05) is 13.1 Å². The molecule has 1 aromatic heterocycles. The summed E-state index contributed by atoms with van der Waals surface area (Å²) in [6.45, 7) is 2.74. The highest BCUT2D eigenvalue weighted by Crippen LogP contribution is 2.22. The normalized spacial score (nSPS) is 20.2. The molecule has 1 saturated heterocycles. The third kappa shape index (κ3) is 1.87. The molecule has 17 heavy (non-hydrogen) atoms. The zero-order valence-electron chi connectivity index (χ0n) is 9.37. The molecule has 2 N–H and O–H groups in total. The van der Waals surface area contributed by atoms with E-state index in [1.165, 1.54) is 0 Å². The quantitative estimate of drug-likeness (QED) is 0.852. The lowest BCUT2D eigenvalue weighted by Gasteiger charge is -2.09. The predicted octanol–water partition coefficient (Wildman–Crippen LogP) is 1.59. The van der Waals surface area contributed by atoms with Crippen molar-refractivity contribution in [3.63, 3.8) is 0 Å². The first kappa shape index (κ1) is 10.9. The van der Waals surface area contributed by atoms with Crippen LogP contribution in [0.25, 0.3) is 11.0 Å². The largest absolute Gasteiger partial charge is 0.326 e. The number of benzene rings is 1. The molecule has 0 bridgehead atoms. The molecule has 2 heterocycles. The van der Waals surface area contributed by atoms with Crippen LogP contribution in [0.2, 0.25) is 5.02 Å². The van der Waals surface area contributed by atoms with Gasteiger partial charge in [-0.25, -0.2) is 4.79 Å². The second kappa shape index (κ2) is 4.20. The molecular weight excluding hydrogens is 238 g/mol. The maximum Gasteiger partial charge on any atom is 0.326 e. The van der Waals surface area contributed by atoms with Gasteiger partial charge in [0.25, 0.3) is 0 Å². The van der Waals surface area contributed by atoms with Gasteiger partial charge in [0.1, 0.15) is 0 Å². The van der Waals surface area contributed by atoms with Gasteiger partial charge < -0.3 is 10.3 Å². The molecule has 1 unspecified atom stereocenters. The van der Waals surface area contributed by atoms with Crippen molar-refractivity contribution in [2.45, 2.75) is 13.0 Å². The van der Waals surface area contributed by atoms with E-state index in [9.17, 15) is 4.79 Å². The number of rotatable bonds is 2. The van der Waals surface area contributed by atoms with Crippen LogP contribution in [0, 0.1) is 5.92 Å². The van der Waals surface area contributed by atoms with Crippen LogP contribution in [0.4, 0.5) is 0 Å². The SMILES string of the molecule is O=c1[nH]c2cccc(Cl)c2n1CC1CCNC1. The van der Waals surface area contributed by atoms with Gasteiger partial charge >= 0.3 is 5.69 Å². The Morgan fingerprint density at radius 2 is 2.35 bits per heavy atom. The van der Waals surface area contributed by atoms with Crippen molar-refractivity contribution in [2.24, 2.45) is 5.92 Å². The lowest BCUT2D eigenvalue weighted by atomic mass is 10.1. The van der Waals surface area contributed by atoms with E-state index in [-0.39, 0.29) is 5.69 Å². The van der Waals surface area contributed by atoms with Crippen LogP contribution in [0.1, 0.15) is 6.42 Å². The van der Waals surface area contributed by atoms with Crippen LogP contribution in [0.3, 0.4) is 0 Å². The molecule has 0 radical (unpaired) electrons. The predicted molar refractivity (Wildman–Crippen MR) is 68.5 cm³/mol. The van der Waals surface area contributed by atoms with Gasteiger partial charge in [-0.1, -0.05) is 17.7 Å². The van der Waals surface area contributed by atoms with Crippen LogP contribution < -0.4 is 11.0 Å². The summed E-state index contributed by atoms with van der Waals surface area (Å²) in [5.41, 5.74) is 1.57. The standard InChI is InChI=1S/C12H14ClN3O/c13-9-2-1-3-10-11(9)16(12(17)15-10)7-8-4-5-14-6-8/h1-3,8,14H,4-7H2,(H,15,17). The number of H-pyrrole nitrogens is 1. The van der Waals surface area contributed by atoms with Crippen LogP contribution in [0.15, 0.2) is 23.0 Å².